The van der Waals surface area contributed by atoms with Crippen molar-refractivity contribution in [3.05, 3.63) is 58.3 Å². The van der Waals surface area contributed by atoms with E-state index in [2.05, 4.69) is 4.98 Å². The number of hydrogen-bond acceptors (Lipinski definition) is 7. The maximum Gasteiger partial charge on any atom is 0.417 e. The lowest BCUT2D eigenvalue weighted by Crippen LogP contribution is -2.50. The first kappa shape index (κ1) is 23.9. The molecule has 1 aromatic carbocycles. The molecular formula is C18H17F3N4O5S2. The van der Waals surface area contributed by atoms with E-state index in [9.17, 15) is 36.5 Å². The van der Waals surface area contributed by atoms with Gasteiger partial charge in [-0.05, 0) is 18.2 Å². The van der Waals surface area contributed by atoms with E-state index in [1.165, 1.54) is 29.2 Å². The number of hydrogen-bond donors (Lipinski definition) is 0. The molecule has 0 N–H and O–H groups in total. The largest absolute Gasteiger partial charge is 0.417 e. The van der Waals surface area contributed by atoms with Crippen LogP contribution >= 0.6 is 11.8 Å². The van der Waals surface area contributed by atoms with Crippen LogP contribution in [0.3, 0.4) is 0 Å². The van der Waals surface area contributed by atoms with Crippen molar-refractivity contribution in [1.29, 1.82) is 0 Å². The van der Waals surface area contributed by atoms with Crippen molar-refractivity contribution in [3.8, 4) is 0 Å². The van der Waals surface area contributed by atoms with Gasteiger partial charge in [-0.2, -0.15) is 17.5 Å². The van der Waals surface area contributed by atoms with Crippen LogP contribution in [0.25, 0.3) is 0 Å². The number of benzene rings is 1. The highest BCUT2D eigenvalue weighted by Gasteiger charge is 2.32. The van der Waals surface area contributed by atoms with Gasteiger partial charge in [0, 0.05) is 44.5 Å². The number of carbonyl (C=O) groups excluding carboxylic acids is 1. The number of amides is 1. The molecule has 2 aromatic rings. The Hall–Kier alpha value is -2.71. The standard InChI is InChI=1S/C18H17F3N4O5S2/c19-18(20,21)13-4-5-16(22-11-13)31-12-17(26)23-6-8-24(9-7-23)32(29,30)15-3-1-2-14(10-15)25(27)28/h1-5,10-11H,6-9,12H2. The van der Waals surface area contributed by atoms with Gasteiger partial charge in [0.1, 0.15) is 0 Å². The van der Waals surface area contributed by atoms with Gasteiger partial charge in [0.05, 0.1) is 26.2 Å². The molecular weight excluding hydrogens is 473 g/mol. The van der Waals surface area contributed by atoms with Crippen molar-refractivity contribution >= 4 is 33.4 Å². The van der Waals surface area contributed by atoms with Crippen molar-refractivity contribution in [3.63, 3.8) is 0 Å². The summed E-state index contributed by atoms with van der Waals surface area (Å²) in [6.45, 7) is 0.266. The Morgan fingerprint density at radius 3 is 2.41 bits per heavy atom. The monoisotopic (exact) mass is 490 g/mol. The van der Waals surface area contributed by atoms with Crippen LogP contribution in [0.4, 0.5) is 18.9 Å². The number of carbonyl (C=O) groups is 1. The number of nitro groups is 1. The summed E-state index contributed by atoms with van der Waals surface area (Å²) >= 11 is 0.984. The van der Waals surface area contributed by atoms with Gasteiger partial charge in [-0.25, -0.2) is 13.4 Å². The van der Waals surface area contributed by atoms with E-state index in [1.807, 2.05) is 0 Å². The number of thioether (sulfide) groups is 1. The third-order valence-corrected chi connectivity index (χ3v) is 7.49. The second-order valence-electron chi connectivity index (χ2n) is 6.71. The molecule has 3 rings (SSSR count). The number of nitrogens with zero attached hydrogens (tertiary/aromatic N) is 4. The Morgan fingerprint density at radius 2 is 1.84 bits per heavy atom. The van der Waals surface area contributed by atoms with Crippen LogP contribution in [0.2, 0.25) is 0 Å². The van der Waals surface area contributed by atoms with Gasteiger partial charge >= 0.3 is 6.18 Å². The fraction of sp³-hybridized carbons (Fsp3) is 0.333. The normalized spacial score (nSPS) is 15.5. The average molecular weight is 490 g/mol. The highest BCUT2D eigenvalue weighted by Crippen LogP contribution is 2.29. The Kier molecular flexibility index (Phi) is 7.05. The van der Waals surface area contributed by atoms with Crippen LogP contribution in [-0.4, -0.2) is 65.4 Å². The first-order valence-corrected chi connectivity index (χ1v) is 11.6. The Morgan fingerprint density at radius 1 is 1.16 bits per heavy atom. The van der Waals surface area contributed by atoms with Crippen molar-refractivity contribution in [2.75, 3.05) is 31.9 Å². The minimum Gasteiger partial charge on any atom is -0.339 e. The zero-order chi connectivity index (χ0) is 23.5. The summed E-state index contributed by atoms with van der Waals surface area (Å²) in [5.74, 6) is -0.361. The number of piperazine rings is 1. The number of aromatic nitrogens is 1. The van der Waals surface area contributed by atoms with Gasteiger partial charge in [0.25, 0.3) is 5.69 Å². The molecule has 14 heteroatoms. The van der Waals surface area contributed by atoms with Crippen LogP contribution in [0.5, 0.6) is 0 Å². The summed E-state index contributed by atoms with van der Waals surface area (Å²) in [5.41, 5.74) is -1.22. The van der Waals surface area contributed by atoms with Crippen molar-refractivity contribution in [1.82, 2.24) is 14.2 Å². The number of pyridine rings is 1. The van der Waals surface area contributed by atoms with E-state index in [0.717, 1.165) is 28.2 Å². The van der Waals surface area contributed by atoms with Crippen molar-refractivity contribution < 1.29 is 31.3 Å². The van der Waals surface area contributed by atoms with Crippen molar-refractivity contribution in [2.45, 2.75) is 16.1 Å². The topological polar surface area (TPSA) is 114 Å². The quantitative estimate of drug-likeness (QED) is 0.347. The van der Waals surface area contributed by atoms with Gasteiger partial charge in [0.15, 0.2) is 0 Å². The van der Waals surface area contributed by atoms with Crippen LogP contribution in [0.15, 0.2) is 52.5 Å². The van der Waals surface area contributed by atoms with E-state index in [1.54, 1.807) is 0 Å². The fourth-order valence-corrected chi connectivity index (χ4v) is 5.15. The maximum absolute atomic E-state index is 12.8. The fourth-order valence-electron chi connectivity index (χ4n) is 2.94. The number of sulfonamides is 1. The zero-order valence-electron chi connectivity index (χ0n) is 16.4. The molecule has 0 atom stereocenters. The summed E-state index contributed by atoms with van der Waals surface area (Å²) < 4.78 is 64.4. The molecule has 0 radical (unpaired) electrons. The predicted octanol–water partition coefficient (Wildman–Crippen LogP) is 2.63. The number of non-ortho nitro benzene ring substituents is 1. The molecule has 1 aromatic heterocycles. The second kappa shape index (κ2) is 9.42. The minimum atomic E-state index is -4.49. The highest BCUT2D eigenvalue weighted by atomic mass is 32.2. The number of nitro benzene ring substituents is 1. The first-order chi connectivity index (χ1) is 15.0. The van der Waals surface area contributed by atoms with Crippen LogP contribution < -0.4 is 0 Å². The minimum absolute atomic E-state index is 0.0139. The molecule has 1 saturated heterocycles. The Bertz CT molecular complexity index is 1100. The van der Waals surface area contributed by atoms with E-state index < -0.39 is 26.7 Å². The summed E-state index contributed by atoms with van der Waals surface area (Å²) in [5, 5.41) is 11.2. The molecule has 1 aliphatic heterocycles. The SMILES string of the molecule is O=C(CSc1ccc(C(F)(F)F)cn1)N1CCN(S(=O)(=O)c2cccc([N+](=O)[O-])c2)CC1. The number of halogens is 3. The Balaban J connectivity index is 1.55. The van der Waals surface area contributed by atoms with Crippen molar-refractivity contribution in [2.24, 2.45) is 0 Å². The Labute approximate surface area is 185 Å². The second-order valence-corrected chi connectivity index (χ2v) is 9.64. The lowest BCUT2D eigenvalue weighted by molar-refractivity contribution is -0.385. The molecule has 0 bridgehead atoms. The third-order valence-electron chi connectivity index (χ3n) is 4.66. The number of rotatable bonds is 6. The molecule has 2 heterocycles. The first-order valence-electron chi connectivity index (χ1n) is 9.17. The molecule has 0 spiro atoms. The van der Waals surface area contributed by atoms with Crippen LogP contribution in [-0.2, 0) is 21.0 Å². The van der Waals surface area contributed by atoms with Gasteiger partial charge in [-0.3, -0.25) is 14.9 Å². The van der Waals surface area contributed by atoms with E-state index >= 15 is 0 Å². The van der Waals surface area contributed by atoms with Gasteiger partial charge in [-0.15, -0.1) is 0 Å². The number of alkyl halides is 3. The van der Waals surface area contributed by atoms with E-state index in [-0.39, 0.29) is 53.4 Å². The smallest absolute Gasteiger partial charge is 0.339 e. The lowest BCUT2D eigenvalue weighted by Gasteiger charge is -2.34. The van der Waals surface area contributed by atoms with Gasteiger partial charge < -0.3 is 4.90 Å². The summed E-state index contributed by atoms with van der Waals surface area (Å²) in [6, 6.07) is 6.81. The molecule has 0 unspecified atom stereocenters. The average Bonchev–Trinajstić information content (AvgIpc) is 2.77. The molecule has 32 heavy (non-hydrogen) atoms. The maximum atomic E-state index is 12.8. The van der Waals surface area contributed by atoms with Crippen LogP contribution in [0.1, 0.15) is 5.56 Å². The van der Waals surface area contributed by atoms with E-state index in [4.69, 9.17) is 0 Å². The summed E-state index contributed by atoms with van der Waals surface area (Å²) in [6.07, 6.45) is -3.79. The van der Waals surface area contributed by atoms with E-state index in [0.29, 0.717) is 6.20 Å². The molecule has 1 fully saturated rings. The zero-order valence-corrected chi connectivity index (χ0v) is 18.0. The highest BCUT2D eigenvalue weighted by molar-refractivity contribution is 7.99. The molecule has 1 amide bonds. The third kappa shape index (κ3) is 5.55. The summed E-state index contributed by atoms with van der Waals surface area (Å²) in [4.78, 5) is 27.6. The van der Waals surface area contributed by atoms with Gasteiger partial charge in [-0.1, -0.05) is 17.8 Å². The molecule has 1 aliphatic rings. The molecule has 0 aliphatic carbocycles. The summed E-state index contributed by atoms with van der Waals surface area (Å²) in [7, 11) is -3.95. The van der Waals surface area contributed by atoms with Gasteiger partial charge in [0.2, 0.25) is 15.9 Å². The molecule has 9 nitrogen and oxygen atoms in total. The van der Waals surface area contributed by atoms with Crippen LogP contribution in [0, 0.1) is 10.1 Å². The predicted molar refractivity (Wildman–Crippen MR) is 108 cm³/mol. The lowest BCUT2D eigenvalue weighted by atomic mass is 10.3. The molecule has 0 saturated carbocycles. The molecule has 172 valence electrons.